The number of hydrogen-bond acceptors (Lipinski definition) is 7. The van der Waals surface area contributed by atoms with Gasteiger partial charge < -0.3 is 15.0 Å². The minimum atomic E-state index is -0.120. The van der Waals surface area contributed by atoms with Crippen LogP contribution in [0, 0.1) is 0 Å². The first-order valence-corrected chi connectivity index (χ1v) is 9.14. The quantitative estimate of drug-likeness (QED) is 0.679. The van der Waals surface area contributed by atoms with Crippen molar-refractivity contribution in [2.75, 3.05) is 31.2 Å². The summed E-state index contributed by atoms with van der Waals surface area (Å²) in [7, 11) is 0. The first-order chi connectivity index (χ1) is 13.8. The number of anilines is 1. The molecule has 3 heterocycles. The first-order valence-electron chi connectivity index (χ1n) is 9.14. The van der Waals surface area contributed by atoms with E-state index < -0.39 is 0 Å². The summed E-state index contributed by atoms with van der Waals surface area (Å²) < 4.78 is 7.04. The Labute approximate surface area is 162 Å². The number of aromatic nitrogens is 5. The summed E-state index contributed by atoms with van der Waals surface area (Å²) >= 11 is 0. The predicted molar refractivity (Wildman–Crippen MR) is 102 cm³/mol. The molecule has 1 amide bonds. The van der Waals surface area contributed by atoms with E-state index in [2.05, 4.69) is 30.7 Å². The number of nitrogens with one attached hydrogen (secondary N) is 1. The Morgan fingerprint density at radius 3 is 2.71 bits per heavy atom. The van der Waals surface area contributed by atoms with E-state index in [4.69, 9.17) is 4.74 Å². The zero-order valence-electron chi connectivity index (χ0n) is 15.4. The minimum absolute atomic E-state index is 0.120. The van der Waals surface area contributed by atoms with E-state index in [1.54, 1.807) is 29.3 Å². The maximum absolute atomic E-state index is 12.5. The molecule has 0 atom stereocenters. The summed E-state index contributed by atoms with van der Waals surface area (Å²) in [6.45, 7) is 3.99. The van der Waals surface area contributed by atoms with Crippen LogP contribution in [0.25, 0.3) is 0 Å². The molecule has 1 aliphatic heterocycles. The number of tetrazole rings is 1. The van der Waals surface area contributed by atoms with Crippen molar-refractivity contribution in [3.8, 4) is 0 Å². The van der Waals surface area contributed by atoms with Gasteiger partial charge in [-0.15, -0.1) is 5.10 Å². The lowest BCUT2D eigenvalue weighted by Gasteiger charge is -2.29. The lowest BCUT2D eigenvalue weighted by molar-refractivity contribution is 0.0950. The molecule has 144 valence electrons. The Morgan fingerprint density at radius 1 is 1.14 bits per heavy atom. The van der Waals surface area contributed by atoms with Gasteiger partial charge in [-0.25, -0.2) is 9.67 Å². The highest BCUT2D eigenvalue weighted by Crippen LogP contribution is 2.18. The van der Waals surface area contributed by atoms with Crippen LogP contribution in [-0.2, 0) is 17.8 Å². The molecular weight excluding hydrogens is 358 g/mol. The van der Waals surface area contributed by atoms with Crippen molar-refractivity contribution in [3.05, 3.63) is 65.6 Å². The summed E-state index contributed by atoms with van der Waals surface area (Å²) in [5.74, 6) is 0.786. The van der Waals surface area contributed by atoms with E-state index in [9.17, 15) is 4.79 Å². The molecule has 1 saturated heterocycles. The number of pyridine rings is 1. The number of nitrogens with zero attached hydrogens (tertiary/aromatic N) is 6. The molecule has 28 heavy (non-hydrogen) atoms. The molecular formula is C19H21N7O2. The van der Waals surface area contributed by atoms with Crippen molar-refractivity contribution in [1.29, 1.82) is 0 Å². The van der Waals surface area contributed by atoms with E-state index in [0.29, 0.717) is 31.9 Å². The number of ether oxygens (including phenoxy) is 1. The number of benzene rings is 1. The third kappa shape index (κ3) is 4.32. The first kappa shape index (κ1) is 18.1. The number of rotatable bonds is 6. The number of amides is 1. The van der Waals surface area contributed by atoms with Gasteiger partial charge in [0.2, 0.25) is 0 Å². The van der Waals surface area contributed by atoms with Crippen LogP contribution in [0.15, 0.2) is 48.9 Å². The number of hydrogen-bond donors (Lipinski definition) is 1. The third-order valence-electron chi connectivity index (χ3n) is 4.57. The smallest absolute Gasteiger partial charge is 0.251 e. The molecule has 1 aliphatic rings. The van der Waals surface area contributed by atoms with Crippen LogP contribution in [0.2, 0.25) is 0 Å². The second-order valence-corrected chi connectivity index (χ2v) is 6.47. The Bertz CT molecular complexity index is 906. The van der Waals surface area contributed by atoms with Crippen LogP contribution in [0.3, 0.4) is 0 Å². The molecule has 9 nitrogen and oxygen atoms in total. The van der Waals surface area contributed by atoms with E-state index in [1.165, 1.54) is 0 Å². The summed E-state index contributed by atoms with van der Waals surface area (Å²) in [4.78, 5) is 19.2. The monoisotopic (exact) mass is 379 g/mol. The van der Waals surface area contributed by atoms with Gasteiger partial charge in [-0.1, -0.05) is 18.2 Å². The van der Waals surface area contributed by atoms with Gasteiger partial charge >= 0.3 is 0 Å². The maximum atomic E-state index is 12.5. The fourth-order valence-corrected chi connectivity index (χ4v) is 3.11. The van der Waals surface area contributed by atoms with Crippen LogP contribution in [0.4, 0.5) is 5.82 Å². The van der Waals surface area contributed by atoms with Gasteiger partial charge in [0.1, 0.15) is 12.1 Å². The van der Waals surface area contributed by atoms with Crippen molar-refractivity contribution in [2.24, 2.45) is 0 Å². The van der Waals surface area contributed by atoms with Gasteiger partial charge in [0.15, 0.2) is 0 Å². The highest BCUT2D eigenvalue weighted by atomic mass is 16.5. The number of carbonyl (C=O) groups is 1. The Balaban J connectivity index is 1.38. The van der Waals surface area contributed by atoms with E-state index in [0.717, 1.165) is 30.0 Å². The van der Waals surface area contributed by atoms with Crippen molar-refractivity contribution >= 4 is 11.7 Å². The molecule has 0 aliphatic carbocycles. The Kier molecular flexibility index (Phi) is 5.53. The van der Waals surface area contributed by atoms with Gasteiger partial charge in [-0.2, -0.15) is 0 Å². The average molecular weight is 379 g/mol. The molecule has 0 radical (unpaired) electrons. The largest absolute Gasteiger partial charge is 0.378 e. The zero-order chi connectivity index (χ0) is 19.2. The lowest BCUT2D eigenvalue weighted by atomic mass is 10.1. The summed E-state index contributed by atoms with van der Waals surface area (Å²) in [6, 6.07) is 11.3. The molecule has 0 saturated carbocycles. The fraction of sp³-hybridized carbons (Fsp3) is 0.316. The van der Waals surface area contributed by atoms with Crippen LogP contribution < -0.4 is 10.2 Å². The van der Waals surface area contributed by atoms with Crippen LogP contribution in [0.1, 0.15) is 21.5 Å². The second kappa shape index (κ2) is 8.57. The van der Waals surface area contributed by atoms with Crippen LogP contribution >= 0.6 is 0 Å². The second-order valence-electron chi connectivity index (χ2n) is 6.47. The van der Waals surface area contributed by atoms with Gasteiger partial charge in [-0.3, -0.25) is 4.79 Å². The van der Waals surface area contributed by atoms with Crippen LogP contribution in [0.5, 0.6) is 0 Å². The topological polar surface area (TPSA) is 98.1 Å². The maximum Gasteiger partial charge on any atom is 0.251 e. The lowest BCUT2D eigenvalue weighted by Crippen LogP contribution is -2.37. The highest BCUT2D eigenvalue weighted by Gasteiger charge is 2.16. The van der Waals surface area contributed by atoms with Crippen molar-refractivity contribution in [1.82, 2.24) is 30.5 Å². The van der Waals surface area contributed by atoms with E-state index in [1.807, 2.05) is 24.3 Å². The number of morpholine rings is 1. The highest BCUT2D eigenvalue weighted by molar-refractivity contribution is 5.94. The Morgan fingerprint density at radius 2 is 1.96 bits per heavy atom. The van der Waals surface area contributed by atoms with Gasteiger partial charge in [0, 0.05) is 37.0 Å². The molecule has 3 aromatic rings. The molecule has 0 bridgehead atoms. The van der Waals surface area contributed by atoms with Gasteiger partial charge in [0.05, 0.1) is 19.8 Å². The standard InChI is InChI=1S/C19H21N7O2/c27-19(16-5-3-15(4-6-16)13-26-14-22-23-24-26)21-12-17-2-1-7-20-18(17)25-8-10-28-11-9-25/h1-7,14H,8-13H2,(H,21,27). The Hall–Kier alpha value is -3.33. The minimum Gasteiger partial charge on any atom is -0.378 e. The summed E-state index contributed by atoms with van der Waals surface area (Å²) in [5, 5.41) is 14.0. The number of carbonyl (C=O) groups excluding carboxylic acids is 1. The molecule has 1 fully saturated rings. The van der Waals surface area contributed by atoms with Crippen molar-refractivity contribution in [3.63, 3.8) is 0 Å². The molecule has 1 aromatic carbocycles. The molecule has 1 N–H and O–H groups in total. The zero-order valence-corrected chi connectivity index (χ0v) is 15.4. The van der Waals surface area contributed by atoms with Crippen LogP contribution in [-0.4, -0.2) is 57.4 Å². The predicted octanol–water partition coefficient (Wildman–Crippen LogP) is 0.883. The van der Waals surface area contributed by atoms with Crippen molar-refractivity contribution in [2.45, 2.75) is 13.1 Å². The molecule has 9 heteroatoms. The molecule has 0 unspecified atom stereocenters. The van der Waals surface area contributed by atoms with Gasteiger partial charge in [0.25, 0.3) is 5.91 Å². The molecule has 2 aromatic heterocycles. The summed E-state index contributed by atoms with van der Waals surface area (Å²) in [5.41, 5.74) is 2.62. The van der Waals surface area contributed by atoms with E-state index >= 15 is 0 Å². The van der Waals surface area contributed by atoms with E-state index in [-0.39, 0.29) is 5.91 Å². The molecule has 0 spiro atoms. The SMILES string of the molecule is O=C(NCc1cccnc1N1CCOCC1)c1ccc(Cn2cnnn2)cc1. The fourth-order valence-electron chi connectivity index (χ4n) is 3.11. The molecule has 4 rings (SSSR count). The average Bonchev–Trinajstić information content (AvgIpc) is 3.26. The summed E-state index contributed by atoms with van der Waals surface area (Å²) in [6.07, 6.45) is 3.33. The third-order valence-corrected chi connectivity index (χ3v) is 4.57. The van der Waals surface area contributed by atoms with Crippen molar-refractivity contribution < 1.29 is 9.53 Å². The normalized spacial score (nSPS) is 14.1. The van der Waals surface area contributed by atoms with Gasteiger partial charge in [-0.05, 0) is 34.2 Å².